The minimum Gasteiger partial charge on any atom is -0.497 e. The average Bonchev–Trinajstić information content (AvgIpc) is 2.96. The summed E-state index contributed by atoms with van der Waals surface area (Å²) in [5, 5.41) is 1.01. The number of hydrogen-bond donors (Lipinski definition) is 0. The molecule has 1 aromatic heterocycles. The second-order valence-electron chi connectivity index (χ2n) is 9.39. The topological polar surface area (TPSA) is 64.4 Å². The summed E-state index contributed by atoms with van der Waals surface area (Å²) in [5.74, 6) is 1.22. The SMILES string of the molecule is COc1ccc(-n2c(SCc3cccc(C)c3)nc3cc(C(=O)N(C)Cc4ccccc4)ccc3c2=O)cc1. The van der Waals surface area contributed by atoms with Crippen LogP contribution in [0.15, 0.2) is 107 Å². The van der Waals surface area contributed by atoms with Gasteiger partial charge in [0.25, 0.3) is 11.5 Å². The van der Waals surface area contributed by atoms with Crippen LogP contribution >= 0.6 is 11.8 Å². The number of nitrogens with zero attached hydrogens (tertiary/aromatic N) is 3. The molecule has 39 heavy (non-hydrogen) atoms. The Labute approximate surface area is 231 Å². The molecule has 0 saturated heterocycles. The van der Waals surface area contributed by atoms with Crippen LogP contribution in [0.1, 0.15) is 27.0 Å². The van der Waals surface area contributed by atoms with E-state index in [-0.39, 0.29) is 11.5 Å². The number of thioether (sulfide) groups is 1. The first-order valence-corrected chi connectivity index (χ1v) is 13.6. The van der Waals surface area contributed by atoms with Gasteiger partial charge < -0.3 is 9.64 Å². The Kier molecular flexibility index (Phi) is 7.79. The second-order valence-corrected chi connectivity index (χ2v) is 10.3. The number of carbonyl (C=O) groups is 1. The summed E-state index contributed by atoms with van der Waals surface area (Å²) in [7, 11) is 3.38. The number of ether oxygens (including phenoxy) is 1. The molecule has 6 nitrogen and oxygen atoms in total. The number of rotatable bonds is 8. The third-order valence-electron chi connectivity index (χ3n) is 6.48. The molecule has 0 fully saturated rings. The van der Waals surface area contributed by atoms with Gasteiger partial charge >= 0.3 is 0 Å². The van der Waals surface area contributed by atoms with E-state index in [1.54, 1.807) is 41.8 Å². The van der Waals surface area contributed by atoms with Crippen molar-refractivity contribution in [3.8, 4) is 11.4 Å². The summed E-state index contributed by atoms with van der Waals surface area (Å²) in [6.07, 6.45) is 0. The van der Waals surface area contributed by atoms with Crippen molar-refractivity contribution in [3.63, 3.8) is 0 Å². The summed E-state index contributed by atoms with van der Waals surface area (Å²) in [5.41, 5.74) is 4.86. The van der Waals surface area contributed by atoms with Crippen molar-refractivity contribution in [2.75, 3.05) is 14.2 Å². The first kappa shape index (κ1) is 26.3. The van der Waals surface area contributed by atoms with Crippen LogP contribution in [-0.4, -0.2) is 34.5 Å². The molecule has 0 saturated carbocycles. The lowest BCUT2D eigenvalue weighted by Gasteiger charge is -2.18. The Morgan fingerprint density at radius 3 is 2.38 bits per heavy atom. The van der Waals surface area contributed by atoms with E-state index >= 15 is 0 Å². The molecule has 0 aliphatic rings. The first-order chi connectivity index (χ1) is 18.9. The number of aromatic nitrogens is 2. The molecule has 4 aromatic carbocycles. The Bertz CT molecular complexity index is 1680. The lowest BCUT2D eigenvalue weighted by Crippen LogP contribution is -2.26. The predicted octanol–water partition coefficient (Wildman–Crippen LogP) is 6.27. The van der Waals surface area contributed by atoms with Gasteiger partial charge in [0.1, 0.15) is 5.75 Å². The maximum Gasteiger partial charge on any atom is 0.266 e. The molecule has 1 heterocycles. The van der Waals surface area contributed by atoms with Gasteiger partial charge in [-0.1, -0.05) is 71.9 Å². The lowest BCUT2D eigenvalue weighted by atomic mass is 10.1. The predicted molar refractivity (Wildman–Crippen MR) is 157 cm³/mol. The number of carbonyl (C=O) groups excluding carboxylic acids is 1. The molecule has 0 unspecified atom stereocenters. The highest BCUT2D eigenvalue weighted by Gasteiger charge is 2.18. The Hall–Kier alpha value is -4.36. The molecule has 7 heteroatoms. The molecular formula is C32H29N3O3S. The van der Waals surface area contributed by atoms with Crippen molar-refractivity contribution in [3.05, 3.63) is 130 Å². The molecule has 0 bridgehead atoms. The van der Waals surface area contributed by atoms with Crippen LogP contribution in [0.2, 0.25) is 0 Å². The highest BCUT2D eigenvalue weighted by atomic mass is 32.2. The Balaban J connectivity index is 1.54. The van der Waals surface area contributed by atoms with E-state index in [1.165, 1.54) is 17.3 Å². The number of amides is 1. The molecule has 0 atom stereocenters. The molecule has 0 spiro atoms. The Morgan fingerprint density at radius 2 is 1.67 bits per heavy atom. The van der Waals surface area contributed by atoms with E-state index in [2.05, 4.69) is 25.1 Å². The summed E-state index contributed by atoms with van der Waals surface area (Å²) in [4.78, 5) is 33.6. The van der Waals surface area contributed by atoms with Gasteiger partial charge in [0.2, 0.25) is 0 Å². The number of aryl methyl sites for hydroxylation is 1. The molecule has 0 aliphatic carbocycles. The van der Waals surface area contributed by atoms with Crippen LogP contribution in [0.25, 0.3) is 16.6 Å². The van der Waals surface area contributed by atoms with Crippen LogP contribution in [0, 0.1) is 6.92 Å². The molecule has 5 rings (SSSR count). The van der Waals surface area contributed by atoms with E-state index in [0.29, 0.717) is 45.4 Å². The summed E-state index contributed by atoms with van der Waals surface area (Å²) < 4.78 is 6.93. The number of hydrogen-bond acceptors (Lipinski definition) is 5. The lowest BCUT2D eigenvalue weighted by molar-refractivity contribution is 0.0785. The minimum absolute atomic E-state index is 0.129. The molecular weight excluding hydrogens is 506 g/mol. The molecule has 0 radical (unpaired) electrons. The van der Waals surface area contributed by atoms with Gasteiger partial charge in [0.15, 0.2) is 5.16 Å². The van der Waals surface area contributed by atoms with Crippen molar-refractivity contribution in [1.29, 1.82) is 0 Å². The van der Waals surface area contributed by atoms with Gasteiger partial charge in [-0.2, -0.15) is 0 Å². The summed E-state index contributed by atoms with van der Waals surface area (Å²) in [6, 6.07) is 30.6. The van der Waals surface area contributed by atoms with Crippen LogP contribution in [-0.2, 0) is 12.3 Å². The molecule has 196 valence electrons. The van der Waals surface area contributed by atoms with Gasteiger partial charge in [0.05, 0.1) is 23.7 Å². The van der Waals surface area contributed by atoms with Gasteiger partial charge in [-0.05, 0) is 60.5 Å². The zero-order chi connectivity index (χ0) is 27.4. The fourth-order valence-corrected chi connectivity index (χ4v) is 5.41. The monoisotopic (exact) mass is 535 g/mol. The minimum atomic E-state index is -0.187. The number of methoxy groups -OCH3 is 1. The van der Waals surface area contributed by atoms with E-state index in [0.717, 1.165) is 11.1 Å². The van der Waals surface area contributed by atoms with Gasteiger partial charge in [-0.15, -0.1) is 0 Å². The third-order valence-corrected chi connectivity index (χ3v) is 7.49. The van der Waals surface area contributed by atoms with Crippen LogP contribution in [0.3, 0.4) is 0 Å². The number of fused-ring (bicyclic) bond motifs is 1. The summed E-state index contributed by atoms with van der Waals surface area (Å²) >= 11 is 1.49. The molecule has 1 amide bonds. The zero-order valence-electron chi connectivity index (χ0n) is 22.1. The van der Waals surface area contributed by atoms with E-state index in [9.17, 15) is 9.59 Å². The standard InChI is InChI=1S/C32H29N3O3S/c1-22-8-7-11-24(18-22)21-39-32-33-29-19-25(30(36)34(2)20-23-9-5-4-6-10-23)12-17-28(29)31(37)35(32)26-13-15-27(38-3)16-14-26/h4-19H,20-21H2,1-3H3. The zero-order valence-corrected chi connectivity index (χ0v) is 22.9. The summed E-state index contributed by atoms with van der Waals surface area (Å²) in [6.45, 7) is 2.55. The van der Waals surface area contributed by atoms with Crippen LogP contribution in [0.4, 0.5) is 0 Å². The molecule has 0 aliphatic heterocycles. The van der Waals surface area contributed by atoms with E-state index < -0.39 is 0 Å². The fourth-order valence-electron chi connectivity index (χ4n) is 4.45. The number of benzene rings is 4. The maximum atomic E-state index is 13.8. The molecule has 5 aromatic rings. The smallest absolute Gasteiger partial charge is 0.266 e. The maximum absolute atomic E-state index is 13.8. The highest BCUT2D eigenvalue weighted by Crippen LogP contribution is 2.26. The third kappa shape index (κ3) is 5.89. The van der Waals surface area contributed by atoms with Gasteiger partial charge in [-0.25, -0.2) is 4.98 Å². The van der Waals surface area contributed by atoms with E-state index in [4.69, 9.17) is 9.72 Å². The quantitative estimate of drug-likeness (QED) is 0.173. The average molecular weight is 536 g/mol. The van der Waals surface area contributed by atoms with Gasteiger partial charge in [-0.3, -0.25) is 14.2 Å². The van der Waals surface area contributed by atoms with Crippen molar-refractivity contribution in [2.24, 2.45) is 0 Å². The second kappa shape index (κ2) is 11.6. The fraction of sp³-hybridized carbons (Fsp3) is 0.156. The largest absolute Gasteiger partial charge is 0.497 e. The van der Waals surface area contributed by atoms with Crippen molar-refractivity contribution in [1.82, 2.24) is 14.5 Å². The van der Waals surface area contributed by atoms with E-state index in [1.807, 2.05) is 60.7 Å². The van der Waals surface area contributed by atoms with Crippen molar-refractivity contribution >= 4 is 28.6 Å². The normalized spacial score (nSPS) is 10.9. The van der Waals surface area contributed by atoms with Crippen molar-refractivity contribution < 1.29 is 9.53 Å². The van der Waals surface area contributed by atoms with Crippen molar-refractivity contribution in [2.45, 2.75) is 24.4 Å². The van der Waals surface area contributed by atoms with Gasteiger partial charge in [0, 0.05) is 24.9 Å². The molecule has 0 N–H and O–H groups in total. The van der Waals surface area contributed by atoms with Crippen LogP contribution < -0.4 is 10.3 Å². The first-order valence-electron chi connectivity index (χ1n) is 12.6. The highest BCUT2D eigenvalue weighted by molar-refractivity contribution is 7.98. The Morgan fingerprint density at radius 1 is 0.923 bits per heavy atom. The van der Waals surface area contributed by atoms with Crippen LogP contribution in [0.5, 0.6) is 5.75 Å².